The molecule has 0 saturated carbocycles. The van der Waals surface area contributed by atoms with E-state index in [0.29, 0.717) is 6.61 Å². The van der Waals surface area contributed by atoms with E-state index in [4.69, 9.17) is 9.84 Å². The van der Waals surface area contributed by atoms with Gasteiger partial charge in [0.1, 0.15) is 6.04 Å². The molecule has 0 heterocycles. The van der Waals surface area contributed by atoms with Crippen LogP contribution in [0.1, 0.15) is 34.1 Å². The van der Waals surface area contributed by atoms with Gasteiger partial charge >= 0.3 is 5.97 Å². The first kappa shape index (κ1) is 13.9. The van der Waals surface area contributed by atoms with Crippen LogP contribution in [0, 0.1) is 0 Å². The first-order chi connectivity index (χ1) is 6.72. The molecule has 0 fully saturated rings. The van der Waals surface area contributed by atoms with E-state index in [-0.39, 0.29) is 17.9 Å². The Balaban J connectivity index is 3.98. The van der Waals surface area contributed by atoms with Crippen molar-refractivity contribution in [3.8, 4) is 0 Å². The molecular formula is C10H19NO4. The zero-order chi connectivity index (χ0) is 12.1. The molecule has 1 amide bonds. The summed E-state index contributed by atoms with van der Waals surface area (Å²) in [5.74, 6) is -1.39. The number of carboxylic acid groups (broad SMARTS) is 1. The lowest BCUT2D eigenvalue weighted by Crippen LogP contribution is -2.40. The van der Waals surface area contributed by atoms with Crippen molar-refractivity contribution in [1.29, 1.82) is 0 Å². The maximum Gasteiger partial charge on any atom is 0.326 e. The van der Waals surface area contributed by atoms with Crippen LogP contribution >= 0.6 is 0 Å². The largest absolute Gasteiger partial charge is 0.480 e. The van der Waals surface area contributed by atoms with Crippen molar-refractivity contribution in [2.75, 3.05) is 6.61 Å². The number of nitrogens with one attached hydrogen (secondary N) is 1. The van der Waals surface area contributed by atoms with Crippen LogP contribution in [0.15, 0.2) is 0 Å². The van der Waals surface area contributed by atoms with Crippen LogP contribution < -0.4 is 5.32 Å². The predicted molar refractivity (Wildman–Crippen MR) is 55.6 cm³/mol. The second kappa shape index (κ2) is 5.70. The van der Waals surface area contributed by atoms with Crippen LogP contribution in [-0.2, 0) is 14.3 Å². The summed E-state index contributed by atoms with van der Waals surface area (Å²) < 4.78 is 5.38. The standard InChI is InChI=1S/C10H19NO4/c1-7(12)11-8(9(13)14)5-6-15-10(2,3)4/h8H,5-6H2,1-4H3,(H,11,12)(H,13,14). The summed E-state index contributed by atoms with van der Waals surface area (Å²) in [6.45, 7) is 7.27. The molecule has 0 aromatic heterocycles. The third-order valence-corrected chi connectivity index (χ3v) is 1.62. The Morgan fingerprint density at radius 2 is 1.93 bits per heavy atom. The number of carbonyl (C=O) groups is 2. The summed E-state index contributed by atoms with van der Waals surface area (Å²) >= 11 is 0. The quantitative estimate of drug-likeness (QED) is 0.713. The van der Waals surface area contributed by atoms with Crippen molar-refractivity contribution in [1.82, 2.24) is 5.32 Å². The minimum absolute atomic E-state index is 0.270. The number of hydrogen-bond acceptors (Lipinski definition) is 3. The molecule has 0 aromatic carbocycles. The van der Waals surface area contributed by atoms with Crippen LogP contribution in [0.5, 0.6) is 0 Å². The lowest BCUT2D eigenvalue weighted by Gasteiger charge is -2.21. The van der Waals surface area contributed by atoms with Crippen molar-refractivity contribution in [2.45, 2.75) is 45.8 Å². The third-order valence-electron chi connectivity index (χ3n) is 1.62. The van der Waals surface area contributed by atoms with Gasteiger partial charge in [0.15, 0.2) is 0 Å². The fourth-order valence-corrected chi connectivity index (χ4v) is 0.986. The number of carbonyl (C=O) groups excluding carboxylic acids is 1. The highest BCUT2D eigenvalue weighted by Crippen LogP contribution is 2.07. The normalized spacial score (nSPS) is 13.3. The number of amides is 1. The average Bonchev–Trinajstić information content (AvgIpc) is 1.99. The molecule has 0 radical (unpaired) electrons. The van der Waals surface area contributed by atoms with Gasteiger partial charge in [-0.15, -0.1) is 0 Å². The van der Waals surface area contributed by atoms with Gasteiger partial charge in [-0.1, -0.05) is 0 Å². The highest BCUT2D eigenvalue weighted by molar-refractivity contribution is 5.81. The number of hydrogen-bond donors (Lipinski definition) is 2. The van der Waals surface area contributed by atoms with E-state index in [0.717, 1.165) is 0 Å². The zero-order valence-corrected chi connectivity index (χ0v) is 9.66. The number of rotatable bonds is 5. The molecule has 0 aliphatic carbocycles. The summed E-state index contributed by atoms with van der Waals surface area (Å²) in [5, 5.41) is 11.1. The Morgan fingerprint density at radius 1 is 1.40 bits per heavy atom. The molecule has 88 valence electrons. The van der Waals surface area contributed by atoms with E-state index in [1.807, 2.05) is 20.8 Å². The zero-order valence-electron chi connectivity index (χ0n) is 9.66. The monoisotopic (exact) mass is 217 g/mol. The number of carboxylic acids is 1. The molecule has 0 aliphatic heterocycles. The second-order valence-electron chi connectivity index (χ2n) is 4.34. The fourth-order valence-electron chi connectivity index (χ4n) is 0.986. The van der Waals surface area contributed by atoms with Crippen molar-refractivity contribution in [2.24, 2.45) is 0 Å². The molecular weight excluding hydrogens is 198 g/mol. The van der Waals surface area contributed by atoms with E-state index in [1.54, 1.807) is 0 Å². The van der Waals surface area contributed by atoms with Crippen LogP contribution in [0.25, 0.3) is 0 Å². The lowest BCUT2D eigenvalue weighted by molar-refractivity contribution is -0.142. The van der Waals surface area contributed by atoms with Crippen LogP contribution in [0.4, 0.5) is 0 Å². The second-order valence-corrected chi connectivity index (χ2v) is 4.34. The Kier molecular flexibility index (Phi) is 5.28. The summed E-state index contributed by atoms with van der Waals surface area (Å²) in [6.07, 6.45) is 0.270. The summed E-state index contributed by atoms with van der Waals surface area (Å²) in [7, 11) is 0. The van der Waals surface area contributed by atoms with E-state index in [2.05, 4.69) is 5.32 Å². The Labute approximate surface area is 89.8 Å². The molecule has 0 aliphatic rings. The van der Waals surface area contributed by atoms with Crippen molar-refractivity contribution >= 4 is 11.9 Å². The maximum atomic E-state index is 10.7. The van der Waals surface area contributed by atoms with Crippen molar-refractivity contribution in [3.05, 3.63) is 0 Å². The van der Waals surface area contributed by atoms with E-state index < -0.39 is 12.0 Å². The van der Waals surface area contributed by atoms with E-state index in [1.165, 1.54) is 6.92 Å². The minimum Gasteiger partial charge on any atom is -0.480 e. The molecule has 1 atom stereocenters. The van der Waals surface area contributed by atoms with Gasteiger partial charge in [-0.2, -0.15) is 0 Å². The first-order valence-corrected chi connectivity index (χ1v) is 4.86. The third kappa shape index (κ3) is 7.93. The smallest absolute Gasteiger partial charge is 0.326 e. The lowest BCUT2D eigenvalue weighted by atomic mass is 10.2. The van der Waals surface area contributed by atoms with Crippen LogP contribution in [0.2, 0.25) is 0 Å². The molecule has 0 bridgehead atoms. The molecule has 0 saturated heterocycles. The van der Waals surface area contributed by atoms with Gasteiger partial charge in [-0.3, -0.25) is 4.79 Å². The summed E-state index contributed by atoms with van der Waals surface area (Å²) in [5.41, 5.74) is -0.292. The Morgan fingerprint density at radius 3 is 2.27 bits per heavy atom. The molecule has 0 rings (SSSR count). The summed E-state index contributed by atoms with van der Waals surface area (Å²) in [6, 6.07) is -0.871. The number of aliphatic carboxylic acids is 1. The van der Waals surface area contributed by atoms with Crippen molar-refractivity contribution < 1.29 is 19.4 Å². The van der Waals surface area contributed by atoms with Crippen molar-refractivity contribution in [3.63, 3.8) is 0 Å². The molecule has 5 heteroatoms. The van der Waals surface area contributed by atoms with E-state index >= 15 is 0 Å². The predicted octanol–water partition coefficient (Wildman–Crippen LogP) is 0.781. The first-order valence-electron chi connectivity index (χ1n) is 4.86. The van der Waals surface area contributed by atoms with Gasteiger partial charge in [0.25, 0.3) is 0 Å². The average molecular weight is 217 g/mol. The van der Waals surface area contributed by atoms with Gasteiger partial charge in [0, 0.05) is 20.0 Å². The molecule has 0 spiro atoms. The molecule has 0 aromatic rings. The topological polar surface area (TPSA) is 75.6 Å². The molecule has 15 heavy (non-hydrogen) atoms. The fraction of sp³-hybridized carbons (Fsp3) is 0.800. The maximum absolute atomic E-state index is 10.7. The van der Waals surface area contributed by atoms with Gasteiger partial charge < -0.3 is 15.2 Å². The summed E-state index contributed by atoms with van der Waals surface area (Å²) in [4.78, 5) is 21.4. The Hall–Kier alpha value is -1.10. The van der Waals surface area contributed by atoms with E-state index in [9.17, 15) is 9.59 Å². The highest BCUT2D eigenvalue weighted by Gasteiger charge is 2.19. The van der Waals surface area contributed by atoms with Gasteiger partial charge in [-0.05, 0) is 20.8 Å². The van der Waals surface area contributed by atoms with Crippen LogP contribution in [-0.4, -0.2) is 35.2 Å². The van der Waals surface area contributed by atoms with Gasteiger partial charge in [0.2, 0.25) is 5.91 Å². The minimum atomic E-state index is -1.04. The highest BCUT2D eigenvalue weighted by atomic mass is 16.5. The number of ether oxygens (including phenoxy) is 1. The molecule has 2 N–H and O–H groups in total. The van der Waals surface area contributed by atoms with Crippen LogP contribution in [0.3, 0.4) is 0 Å². The van der Waals surface area contributed by atoms with Gasteiger partial charge in [-0.25, -0.2) is 4.79 Å². The SMILES string of the molecule is CC(=O)NC(CCOC(C)(C)C)C(=O)O. The molecule has 5 nitrogen and oxygen atoms in total. The Bertz CT molecular complexity index is 232. The molecule has 1 unspecified atom stereocenters. The van der Waals surface area contributed by atoms with Gasteiger partial charge in [0.05, 0.1) is 5.60 Å².